The fourth-order valence-electron chi connectivity index (χ4n) is 3.29. The highest BCUT2D eigenvalue weighted by Crippen LogP contribution is 2.25. The van der Waals surface area contributed by atoms with Gasteiger partial charge < -0.3 is 4.74 Å². The SMILES string of the molecule is O=S(=O)(N1CCOCC1)N1CCCC[C@H]1Cc1ccccc1. The third-order valence-corrected chi connectivity index (χ3v) is 6.57. The van der Waals surface area contributed by atoms with Crippen LogP contribution in [0.5, 0.6) is 0 Å². The third kappa shape index (κ3) is 3.51. The lowest BCUT2D eigenvalue weighted by Crippen LogP contribution is -2.53. The van der Waals surface area contributed by atoms with Crippen LogP contribution < -0.4 is 0 Å². The molecule has 0 aliphatic carbocycles. The molecule has 0 amide bonds. The van der Waals surface area contributed by atoms with Crippen molar-refractivity contribution in [1.29, 1.82) is 0 Å². The van der Waals surface area contributed by atoms with Crippen LogP contribution in [0.3, 0.4) is 0 Å². The molecule has 0 unspecified atom stereocenters. The molecule has 0 radical (unpaired) electrons. The summed E-state index contributed by atoms with van der Waals surface area (Å²) in [5, 5.41) is 0. The van der Waals surface area contributed by atoms with Crippen molar-refractivity contribution in [2.75, 3.05) is 32.8 Å². The minimum absolute atomic E-state index is 0.0731. The zero-order chi connectivity index (χ0) is 15.4. The van der Waals surface area contributed by atoms with Crippen molar-refractivity contribution >= 4 is 10.2 Å². The predicted molar refractivity (Wildman–Crippen MR) is 85.8 cm³/mol. The van der Waals surface area contributed by atoms with Crippen LogP contribution in [-0.4, -0.2) is 55.9 Å². The first kappa shape index (κ1) is 15.9. The highest BCUT2D eigenvalue weighted by Gasteiger charge is 2.37. The van der Waals surface area contributed by atoms with Gasteiger partial charge >= 0.3 is 0 Å². The summed E-state index contributed by atoms with van der Waals surface area (Å²) in [7, 11) is -3.37. The summed E-state index contributed by atoms with van der Waals surface area (Å²) >= 11 is 0. The molecule has 0 saturated carbocycles. The summed E-state index contributed by atoms with van der Waals surface area (Å²) in [6.45, 7) is 2.57. The Kier molecular flexibility index (Phi) is 5.13. The quantitative estimate of drug-likeness (QED) is 0.846. The number of hydrogen-bond acceptors (Lipinski definition) is 3. The van der Waals surface area contributed by atoms with E-state index in [0.717, 1.165) is 25.7 Å². The minimum Gasteiger partial charge on any atom is -0.379 e. The smallest absolute Gasteiger partial charge is 0.282 e. The Bertz CT molecular complexity index is 570. The zero-order valence-electron chi connectivity index (χ0n) is 12.9. The fraction of sp³-hybridized carbons (Fsp3) is 0.625. The van der Waals surface area contributed by atoms with Crippen LogP contribution in [0.25, 0.3) is 0 Å². The summed E-state index contributed by atoms with van der Waals surface area (Å²) in [6, 6.07) is 10.2. The number of hydrogen-bond donors (Lipinski definition) is 0. The van der Waals surface area contributed by atoms with Crippen molar-refractivity contribution in [3.05, 3.63) is 35.9 Å². The van der Waals surface area contributed by atoms with E-state index >= 15 is 0 Å². The number of piperidine rings is 1. The van der Waals surface area contributed by atoms with Crippen molar-refractivity contribution < 1.29 is 13.2 Å². The average Bonchev–Trinajstić information content (AvgIpc) is 2.57. The van der Waals surface area contributed by atoms with Crippen molar-refractivity contribution in [1.82, 2.24) is 8.61 Å². The van der Waals surface area contributed by atoms with Gasteiger partial charge in [-0.15, -0.1) is 0 Å². The summed E-state index contributed by atoms with van der Waals surface area (Å²) in [5.74, 6) is 0. The first-order valence-corrected chi connectivity index (χ1v) is 9.46. The van der Waals surface area contributed by atoms with Gasteiger partial charge in [0.05, 0.1) is 13.2 Å². The van der Waals surface area contributed by atoms with Crippen molar-refractivity contribution in [2.24, 2.45) is 0 Å². The second-order valence-corrected chi connectivity index (χ2v) is 7.85. The lowest BCUT2D eigenvalue weighted by molar-refractivity contribution is 0.0682. The molecule has 122 valence electrons. The molecule has 1 aromatic carbocycles. The van der Waals surface area contributed by atoms with Crippen LogP contribution in [0.15, 0.2) is 30.3 Å². The number of benzene rings is 1. The van der Waals surface area contributed by atoms with Crippen LogP contribution in [0.2, 0.25) is 0 Å². The maximum Gasteiger partial charge on any atom is 0.282 e. The maximum atomic E-state index is 12.9. The van der Waals surface area contributed by atoms with Gasteiger partial charge in [0.15, 0.2) is 0 Å². The summed E-state index contributed by atoms with van der Waals surface area (Å²) < 4.78 is 34.5. The normalized spacial score (nSPS) is 25.2. The molecule has 0 bridgehead atoms. The van der Waals surface area contributed by atoms with Crippen molar-refractivity contribution in [2.45, 2.75) is 31.7 Å². The summed E-state index contributed by atoms with van der Waals surface area (Å²) in [5.41, 5.74) is 1.21. The van der Waals surface area contributed by atoms with Gasteiger partial charge in [0.25, 0.3) is 10.2 Å². The van der Waals surface area contributed by atoms with E-state index in [1.807, 2.05) is 18.2 Å². The molecule has 22 heavy (non-hydrogen) atoms. The van der Waals surface area contributed by atoms with Gasteiger partial charge in [-0.25, -0.2) is 0 Å². The van der Waals surface area contributed by atoms with Gasteiger partial charge in [0, 0.05) is 25.7 Å². The van der Waals surface area contributed by atoms with Gasteiger partial charge in [0.1, 0.15) is 0 Å². The minimum atomic E-state index is -3.37. The summed E-state index contributed by atoms with van der Waals surface area (Å²) in [6.07, 6.45) is 3.80. The molecule has 0 N–H and O–H groups in total. The number of ether oxygens (including phenoxy) is 1. The van der Waals surface area contributed by atoms with Crippen molar-refractivity contribution in [3.63, 3.8) is 0 Å². The van der Waals surface area contributed by atoms with Crippen LogP contribution in [0.1, 0.15) is 24.8 Å². The molecule has 2 aliphatic heterocycles. The Morgan fingerprint density at radius 2 is 1.77 bits per heavy atom. The highest BCUT2D eigenvalue weighted by molar-refractivity contribution is 7.86. The lowest BCUT2D eigenvalue weighted by Gasteiger charge is -2.39. The molecular weight excluding hydrogens is 300 g/mol. The van der Waals surface area contributed by atoms with Crippen molar-refractivity contribution in [3.8, 4) is 0 Å². The second kappa shape index (κ2) is 7.08. The molecule has 3 rings (SSSR count). The Morgan fingerprint density at radius 1 is 1.05 bits per heavy atom. The van der Waals surface area contributed by atoms with Crippen LogP contribution in [0, 0.1) is 0 Å². The molecule has 0 spiro atoms. The van der Waals surface area contributed by atoms with E-state index in [2.05, 4.69) is 12.1 Å². The number of nitrogens with zero attached hydrogens (tertiary/aromatic N) is 2. The topological polar surface area (TPSA) is 49.9 Å². The molecule has 2 fully saturated rings. The van der Waals surface area contributed by atoms with Gasteiger partial charge in [-0.1, -0.05) is 36.8 Å². The highest BCUT2D eigenvalue weighted by atomic mass is 32.2. The van der Waals surface area contributed by atoms with Gasteiger partial charge in [-0.2, -0.15) is 17.0 Å². The van der Waals surface area contributed by atoms with Gasteiger partial charge in [-0.3, -0.25) is 0 Å². The lowest BCUT2D eigenvalue weighted by atomic mass is 9.98. The maximum absolute atomic E-state index is 12.9. The number of morpholine rings is 1. The van der Waals surface area contributed by atoms with E-state index in [1.54, 1.807) is 8.61 Å². The molecule has 2 saturated heterocycles. The third-order valence-electron chi connectivity index (χ3n) is 4.48. The number of rotatable bonds is 4. The van der Waals surface area contributed by atoms with E-state index in [9.17, 15) is 8.42 Å². The molecule has 6 heteroatoms. The molecule has 1 aromatic rings. The Hall–Kier alpha value is -0.950. The zero-order valence-corrected chi connectivity index (χ0v) is 13.7. The Morgan fingerprint density at radius 3 is 2.50 bits per heavy atom. The van der Waals surface area contributed by atoms with Gasteiger partial charge in [-0.05, 0) is 24.8 Å². The molecule has 1 atom stereocenters. The van der Waals surface area contributed by atoms with E-state index in [4.69, 9.17) is 4.74 Å². The van der Waals surface area contributed by atoms with Crippen LogP contribution in [-0.2, 0) is 21.4 Å². The van der Waals surface area contributed by atoms with Crippen LogP contribution >= 0.6 is 0 Å². The monoisotopic (exact) mass is 324 g/mol. The largest absolute Gasteiger partial charge is 0.379 e. The average molecular weight is 324 g/mol. The van der Waals surface area contributed by atoms with Crippen LogP contribution in [0.4, 0.5) is 0 Å². The van der Waals surface area contributed by atoms with Gasteiger partial charge in [0.2, 0.25) is 0 Å². The molecule has 0 aromatic heterocycles. The molecule has 2 heterocycles. The van der Waals surface area contributed by atoms with E-state index in [-0.39, 0.29) is 6.04 Å². The Labute approximate surface area is 133 Å². The van der Waals surface area contributed by atoms with E-state index < -0.39 is 10.2 Å². The first-order chi connectivity index (χ1) is 10.7. The van der Waals surface area contributed by atoms with E-state index in [1.165, 1.54) is 5.56 Å². The molecule has 2 aliphatic rings. The molecular formula is C16H24N2O3S. The summed E-state index contributed by atoms with van der Waals surface area (Å²) in [4.78, 5) is 0. The standard InChI is InChI=1S/C16H24N2O3S/c19-22(20,17-10-12-21-13-11-17)18-9-5-4-8-16(18)14-15-6-2-1-3-7-15/h1-3,6-7,16H,4-5,8-14H2/t16-/m0/s1. The first-order valence-electron chi connectivity index (χ1n) is 8.06. The predicted octanol–water partition coefficient (Wildman–Crippen LogP) is 1.66. The molecule has 5 nitrogen and oxygen atoms in total. The van der Waals surface area contributed by atoms with E-state index in [0.29, 0.717) is 32.8 Å². The fourth-order valence-corrected chi connectivity index (χ4v) is 5.12. The second-order valence-electron chi connectivity index (χ2n) is 5.97. The Balaban J connectivity index is 1.76.